The highest BCUT2D eigenvalue weighted by Gasteiger charge is 2.29. The third kappa shape index (κ3) is 1.89. The summed E-state index contributed by atoms with van der Waals surface area (Å²) in [6, 6.07) is 3.52. The van der Waals surface area contributed by atoms with Crippen LogP contribution >= 0.6 is 0 Å². The van der Waals surface area contributed by atoms with Crippen molar-refractivity contribution in [3.63, 3.8) is 0 Å². The van der Waals surface area contributed by atoms with Crippen LogP contribution in [0, 0.1) is 0 Å². The van der Waals surface area contributed by atoms with Gasteiger partial charge in [0.2, 0.25) is 0 Å². The highest BCUT2D eigenvalue weighted by atomic mass is 16.5. The molecule has 2 rings (SSSR count). The molecular weight excluding hydrogens is 218 g/mol. The first-order valence-corrected chi connectivity index (χ1v) is 5.68. The van der Waals surface area contributed by atoms with Gasteiger partial charge < -0.3 is 14.8 Å². The van der Waals surface area contributed by atoms with Crippen molar-refractivity contribution in [3.05, 3.63) is 23.3 Å². The molecule has 1 aliphatic carbocycles. The van der Waals surface area contributed by atoms with Crippen LogP contribution in [0.5, 0.6) is 11.5 Å². The topological polar surface area (TPSA) is 47.6 Å². The molecule has 1 aliphatic rings. The summed E-state index contributed by atoms with van der Waals surface area (Å²) in [7, 11) is 5.02. The maximum Gasteiger partial charge on any atom is 0.180 e. The van der Waals surface area contributed by atoms with Crippen molar-refractivity contribution in [3.8, 4) is 11.5 Å². The molecule has 0 aromatic heterocycles. The Kier molecular flexibility index (Phi) is 3.33. The first-order valence-electron chi connectivity index (χ1n) is 5.68. The fourth-order valence-corrected chi connectivity index (χ4v) is 2.35. The van der Waals surface area contributed by atoms with Crippen LogP contribution in [0.1, 0.15) is 22.3 Å². The van der Waals surface area contributed by atoms with Crippen molar-refractivity contribution in [2.45, 2.75) is 18.9 Å². The summed E-state index contributed by atoms with van der Waals surface area (Å²) >= 11 is 0. The molecule has 0 amide bonds. The van der Waals surface area contributed by atoms with Gasteiger partial charge in [-0.1, -0.05) is 0 Å². The van der Waals surface area contributed by atoms with E-state index in [0.717, 1.165) is 24.0 Å². The van der Waals surface area contributed by atoms with Gasteiger partial charge in [-0.25, -0.2) is 0 Å². The third-order valence-electron chi connectivity index (χ3n) is 3.26. The van der Waals surface area contributed by atoms with Gasteiger partial charge in [-0.3, -0.25) is 4.79 Å². The van der Waals surface area contributed by atoms with Crippen LogP contribution in [0.4, 0.5) is 0 Å². The number of likely N-dealkylation sites (N-methyl/N-ethyl adjacent to an activating group) is 1. The molecule has 0 spiro atoms. The summed E-state index contributed by atoms with van der Waals surface area (Å²) in [5.74, 6) is 1.50. The summed E-state index contributed by atoms with van der Waals surface area (Å²) in [5, 5.41) is 3.04. The lowest BCUT2D eigenvalue weighted by Gasteiger charge is -2.25. The monoisotopic (exact) mass is 235 g/mol. The molecule has 1 aromatic rings. The van der Waals surface area contributed by atoms with Crippen molar-refractivity contribution in [2.24, 2.45) is 0 Å². The number of carbonyl (C=O) groups excluding carboxylic acids is 1. The fraction of sp³-hybridized carbons (Fsp3) is 0.462. The van der Waals surface area contributed by atoms with Crippen LogP contribution in [-0.2, 0) is 6.42 Å². The van der Waals surface area contributed by atoms with Gasteiger partial charge in [0, 0.05) is 11.1 Å². The minimum atomic E-state index is -0.0828. The first-order chi connectivity index (χ1) is 8.22. The maximum absolute atomic E-state index is 12.2. The highest BCUT2D eigenvalue weighted by molar-refractivity contribution is 6.03. The lowest BCUT2D eigenvalue weighted by atomic mass is 9.86. The molecule has 4 nitrogen and oxygen atoms in total. The van der Waals surface area contributed by atoms with Crippen LogP contribution in [-0.4, -0.2) is 33.1 Å². The highest BCUT2D eigenvalue weighted by Crippen LogP contribution is 2.37. The van der Waals surface area contributed by atoms with E-state index >= 15 is 0 Å². The van der Waals surface area contributed by atoms with Gasteiger partial charge in [0.25, 0.3) is 0 Å². The van der Waals surface area contributed by atoms with Crippen LogP contribution < -0.4 is 14.8 Å². The Morgan fingerprint density at radius 2 is 2.06 bits per heavy atom. The molecule has 0 radical (unpaired) electrons. The minimum Gasteiger partial charge on any atom is -0.493 e. The minimum absolute atomic E-state index is 0.0828. The first kappa shape index (κ1) is 11.9. The Bertz CT molecular complexity index is 443. The number of hydrogen-bond acceptors (Lipinski definition) is 4. The third-order valence-corrected chi connectivity index (χ3v) is 3.26. The SMILES string of the molecule is CNC1CCc2c(ccc(OC)c2OC)C1=O. The summed E-state index contributed by atoms with van der Waals surface area (Å²) < 4.78 is 10.6. The predicted molar refractivity (Wildman–Crippen MR) is 65.0 cm³/mol. The Morgan fingerprint density at radius 1 is 1.29 bits per heavy atom. The molecule has 0 aliphatic heterocycles. The number of hydrogen-bond donors (Lipinski definition) is 1. The van der Waals surface area contributed by atoms with Crippen LogP contribution in [0.15, 0.2) is 12.1 Å². The summed E-state index contributed by atoms with van der Waals surface area (Å²) in [6.07, 6.45) is 1.62. The Balaban J connectivity index is 2.51. The average molecular weight is 235 g/mol. The number of benzene rings is 1. The largest absolute Gasteiger partial charge is 0.493 e. The van der Waals surface area contributed by atoms with Crippen molar-refractivity contribution < 1.29 is 14.3 Å². The van der Waals surface area contributed by atoms with Crippen LogP contribution in [0.2, 0.25) is 0 Å². The van der Waals surface area contributed by atoms with Gasteiger partial charge >= 0.3 is 0 Å². The maximum atomic E-state index is 12.2. The zero-order chi connectivity index (χ0) is 12.4. The van der Waals surface area contributed by atoms with E-state index in [1.54, 1.807) is 20.3 Å². The van der Waals surface area contributed by atoms with E-state index in [-0.39, 0.29) is 11.8 Å². The average Bonchev–Trinajstić information content (AvgIpc) is 2.37. The van der Waals surface area contributed by atoms with E-state index in [1.807, 2.05) is 13.1 Å². The number of methoxy groups -OCH3 is 2. The van der Waals surface area contributed by atoms with Crippen molar-refractivity contribution in [1.82, 2.24) is 5.32 Å². The molecule has 1 unspecified atom stereocenters. The van der Waals surface area contributed by atoms with E-state index < -0.39 is 0 Å². The molecule has 1 N–H and O–H groups in total. The second-order valence-electron chi connectivity index (χ2n) is 4.07. The number of ketones is 1. The van der Waals surface area contributed by atoms with Crippen LogP contribution in [0.3, 0.4) is 0 Å². The molecule has 0 saturated heterocycles. The normalized spacial score (nSPS) is 18.8. The van der Waals surface area contributed by atoms with Gasteiger partial charge in [-0.15, -0.1) is 0 Å². The van der Waals surface area contributed by atoms with E-state index in [1.165, 1.54) is 0 Å². The van der Waals surface area contributed by atoms with Crippen molar-refractivity contribution in [2.75, 3.05) is 21.3 Å². The molecule has 0 bridgehead atoms. The number of carbonyl (C=O) groups is 1. The molecule has 0 heterocycles. The van der Waals surface area contributed by atoms with E-state index in [4.69, 9.17) is 9.47 Å². The van der Waals surface area contributed by atoms with Crippen LogP contribution in [0.25, 0.3) is 0 Å². The second-order valence-corrected chi connectivity index (χ2v) is 4.07. The number of fused-ring (bicyclic) bond motifs is 1. The van der Waals surface area contributed by atoms with E-state index in [2.05, 4.69) is 5.32 Å². The zero-order valence-electron chi connectivity index (χ0n) is 10.4. The van der Waals surface area contributed by atoms with Crippen molar-refractivity contribution in [1.29, 1.82) is 0 Å². The number of nitrogens with one attached hydrogen (secondary N) is 1. The standard InChI is InChI=1S/C13H17NO3/c1-14-10-6-4-9-8(12(10)15)5-7-11(16-2)13(9)17-3/h5,7,10,14H,4,6H2,1-3H3. The molecular formula is C13H17NO3. The molecule has 0 fully saturated rings. The second kappa shape index (κ2) is 4.75. The predicted octanol–water partition coefficient (Wildman–Crippen LogP) is 1.42. The van der Waals surface area contributed by atoms with Crippen molar-refractivity contribution >= 4 is 5.78 Å². The molecule has 17 heavy (non-hydrogen) atoms. The summed E-state index contributed by atoms with van der Waals surface area (Å²) in [4.78, 5) is 12.2. The molecule has 4 heteroatoms. The number of Topliss-reactive ketones (excluding diaryl/α,β-unsaturated/α-hetero) is 1. The molecule has 0 saturated carbocycles. The zero-order valence-corrected chi connectivity index (χ0v) is 10.4. The van der Waals surface area contributed by atoms with Gasteiger partial charge in [0.05, 0.1) is 20.3 Å². The van der Waals surface area contributed by atoms with Gasteiger partial charge in [0.1, 0.15) is 0 Å². The summed E-state index contributed by atoms with van der Waals surface area (Å²) in [5.41, 5.74) is 1.71. The van der Waals surface area contributed by atoms with Gasteiger partial charge in [0.15, 0.2) is 17.3 Å². The number of ether oxygens (including phenoxy) is 2. The Morgan fingerprint density at radius 3 is 2.65 bits per heavy atom. The van der Waals surface area contributed by atoms with E-state index in [9.17, 15) is 4.79 Å². The Hall–Kier alpha value is -1.55. The lowest BCUT2D eigenvalue weighted by molar-refractivity contribution is 0.0932. The molecule has 1 atom stereocenters. The van der Waals surface area contributed by atoms with E-state index in [0.29, 0.717) is 11.5 Å². The van der Waals surface area contributed by atoms with Gasteiger partial charge in [-0.05, 0) is 32.0 Å². The summed E-state index contributed by atoms with van der Waals surface area (Å²) in [6.45, 7) is 0. The van der Waals surface area contributed by atoms with Gasteiger partial charge in [-0.2, -0.15) is 0 Å². The number of rotatable bonds is 3. The smallest absolute Gasteiger partial charge is 0.180 e. The Labute approximate surface area is 101 Å². The molecule has 92 valence electrons. The lowest BCUT2D eigenvalue weighted by Crippen LogP contribution is -2.38. The molecule has 1 aromatic carbocycles. The quantitative estimate of drug-likeness (QED) is 0.860. The fourth-order valence-electron chi connectivity index (χ4n) is 2.35.